The summed E-state index contributed by atoms with van der Waals surface area (Å²) in [6.45, 7) is 2.13. The minimum atomic E-state index is -0.661. The first kappa shape index (κ1) is 28.4. The van der Waals surface area contributed by atoms with Gasteiger partial charge >= 0.3 is 0 Å². The minimum Gasteiger partial charge on any atom is -0.484 e. The van der Waals surface area contributed by atoms with Crippen molar-refractivity contribution < 1.29 is 14.3 Å². The Bertz CT molecular complexity index is 1210. The summed E-state index contributed by atoms with van der Waals surface area (Å²) in [6, 6.07) is 22.9. The van der Waals surface area contributed by atoms with Gasteiger partial charge in [-0.1, -0.05) is 93.6 Å². The summed E-state index contributed by atoms with van der Waals surface area (Å²) in [6.07, 6.45) is 5.85. The van der Waals surface area contributed by atoms with Crippen molar-refractivity contribution in [2.75, 3.05) is 6.61 Å². The molecule has 0 aliphatic heterocycles. The fourth-order valence-corrected chi connectivity index (χ4v) is 5.33. The van der Waals surface area contributed by atoms with E-state index in [1.54, 1.807) is 4.90 Å². The lowest BCUT2D eigenvalue weighted by Crippen LogP contribution is -2.53. The normalized spacial score (nSPS) is 14.5. The first-order valence-electron chi connectivity index (χ1n) is 13.2. The maximum Gasteiger partial charge on any atom is 0.261 e. The molecular weight excluding hydrogens is 608 g/mol. The minimum absolute atomic E-state index is 0.106. The van der Waals surface area contributed by atoms with Gasteiger partial charge in [0, 0.05) is 28.0 Å². The molecule has 200 valence electrons. The summed E-state index contributed by atoms with van der Waals surface area (Å²) >= 11 is 6.99. The number of hydrogen-bond acceptors (Lipinski definition) is 3. The van der Waals surface area contributed by atoms with Crippen molar-refractivity contribution in [1.82, 2.24) is 10.2 Å². The van der Waals surface area contributed by atoms with Crippen LogP contribution in [0.1, 0.15) is 48.8 Å². The number of hydrogen-bond donors (Lipinski definition) is 1. The van der Waals surface area contributed by atoms with E-state index in [9.17, 15) is 9.59 Å². The number of carbonyl (C=O) groups is 2. The Morgan fingerprint density at radius 1 is 0.947 bits per heavy atom. The fraction of sp³-hybridized carbons (Fsp3) is 0.355. The van der Waals surface area contributed by atoms with Gasteiger partial charge in [-0.15, -0.1) is 0 Å². The lowest BCUT2D eigenvalue weighted by molar-refractivity contribution is -0.143. The van der Waals surface area contributed by atoms with Gasteiger partial charge in [-0.05, 0) is 66.8 Å². The Hall–Kier alpha value is -2.64. The van der Waals surface area contributed by atoms with Gasteiger partial charge in [-0.25, -0.2) is 0 Å². The predicted octanol–water partition coefficient (Wildman–Crippen LogP) is 6.99. The number of halogens is 2. The van der Waals surface area contributed by atoms with Crippen LogP contribution in [0.4, 0.5) is 0 Å². The van der Waals surface area contributed by atoms with Gasteiger partial charge in [0.05, 0.1) is 0 Å². The molecule has 1 aliphatic rings. The molecule has 2 amide bonds. The standard InChI is InChI=1S/C31H34Br2N2O3/c1-22-18-27(16-17-28(22)33)38-21-30(36)35(20-24-12-14-25(32)15-13-24)29(19-23-8-4-2-5-9-23)31(37)34-26-10-6-3-7-11-26/h2,4-5,8-9,12-18,26,29H,3,6-7,10-11,19-21H2,1H3,(H,34,37)/t29-/m0/s1. The van der Waals surface area contributed by atoms with Crippen LogP contribution in [0.2, 0.25) is 0 Å². The third-order valence-corrected chi connectivity index (χ3v) is 8.40. The number of carbonyl (C=O) groups excluding carboxylic acids is 2. The lowest BCUT2D eigenvalue weighted by atomic mass is 9.94. The van der Waals surface area contributed by atoms with Crippen LogP contribution in [0.5, 0.6) is 5.75 Å². The van der Waals surface area contributed by atoms with E-state index in [-0.39, 0.29) is 24.5 Å². The zero-order chi connectivity index (χ0) is 26.9. The molecule has 3 aromatic rings. The van der Waals surface area contributed by atoms with Crippen LogP contribution in [0.25, 0.3) is 0 Å². The topological polar surface area (TPSA) is 58.6 Å². The first-order valence-corrected chi connectivity index (χ1v) is 14.7. The Labute approximate surface area is 242 Å². The van der Waals surface area contributed by atoms with Gasteiger partial charge in [-0.2, -0.15) is 0 Å². The molecule has 0 heterocycles. The van der Waals surface area contributed by atoms with E-state index in [0.29, 0.717) is 18.7 Å². The summed E-state index contributed by atoms with van der Waals surface area (Å²) in [5.74, 6) is 0.285. The van der Waals surface area contributed by atoms with Crippen LogP contribution in [0, 0.1) is 6.92 Å². The van der Waals surface area contributed by atoms with Crippen molar-refractivity contribution in [2.45, 2.75) is 64.1 Å². The van der Waals surface area contributed by atoms with E-state index in [1.165, 1.54) is 6.42 Å². The smallest absolute Gasteiger partial charge is 0.261 e. The molecule has 4 rings (SSSR count). The molecule has 1 saturated carbocycles. The summed E-state index contributed by atoms with van der Waals surface area (Å²) < 4.78 is 7.86. The largest absolute Gasteiger partial charge is 0.484 e. The molecule has 0 spiro atoms. The number of benzene rings is 3. The molecule has 5 nitrogen and oxygen atoms in total. The highest BCUT2D eigenvalue weighted by Crippen LogP contribution is 2.23. The quantitative estimate of drug-likeness (QED) is 0.260. The van der Waals surface area contributed by atoms with Gasteiger partial charge in [0.2, 0.25) is 5.91 Å². The molecule has 1 fully saturated rings. The van der Waals surface area contributed by atoms with Crippen LogP contribution < -0.4 is 10.1 Å². The number of nitrogens with zero attached hydrogens (tertiary/aromatic N) is 1. The van der Waals surface area contributed by atoms with Gasteiger partial charge in [0.25, 0.3) is 5.91 Å². The molecule has 0 aromatic heterocycles. The molecule has 7 heteroatoms. The van der Waals surface area contributed by atoms with Crippen molar-refractivity contribution in [3.8, 4) is 5.75 Å². The van der Waals surface area contributed by atoms with E-state index < -0.39 is 6.04 Å². The first-order chi connectivity index (χ1) is 18.4. The highest BCUT2D eigenvalue weighted by atomic mass is 79.9. The monoisotopic (exact) mass is 640 g/mol. The van der Waals surface area contributed by atoms with Gasteiger partial charge in [0.1, 0.15) is 11.8 Å². The third kappa shape index (κ3) is 8.18. The van der Waals surface area contributed by atoms with E-state index in [1.807, 2.05) is 79.7 Å². The SMILES string of the molecule is Cc1cc(OCC(=O)N(Cc2ccc(Br)cc2)[C@@H](Cc2ccccc2)C(=O)NC2CCCCC2)ccc1Br. The van der Waals surface area contributed by atoms with Crippen LogP contribution in [-0.2, 0) is 22.6 Å². The number of amides is 2. The summed E-state index contributed by atoms with van der Waals surface area (Å²) in [5.41, 5.74) is 2.98. The van der Waals surface area contributed by atoms with E-state index in [2.05, 4.69) is 37.2 Å². The van der Waals surface area contributed by atoms with Crippen molar-refractivity contribution in [3.05, 3.63) is 98.4 Å². The average molecular weight is 642 g/mol. The number of ether oxygens (including phenoxy) is 1. The van der Waals surface area contributed by atoms with Gasteiger partial charge in [0.15, 0.2) is 6.61 Å². The second-order valence-electron chi connectivity index (χ2n) is 9.90. The Morgan fingerprint density at radius 2 is 1.66 bits per heavy atom. The molecular formula is C31H34Br2N2O3. The molecule has 1 aliphatic carbocycles. The van der Waals surface area contributed by atoms with Crippen LogP contribution in [0.3, 0.4) is 0 Å². The van der Waals surface area contributed by atoms with Crippen molar-refractivity contribution in [1.29, 1.82) is 0 Å². The molecule has 0 radical (unpaired) electrons. The zero-order valence-electron chi connectivity index (χ0n) is 21.7. The fourth-order valence-electron chi connectivity index (χ4n) is 4.82. The lowest BCUT2D eigenvalue weighted by Gasteiger charge is -2.33. The maximum atomic E-state index is 13.8. The predicted molar refractivity (Wildman–Crippen MR) is 158 cm³/mol. The van der Waals surface area contributed by atoms with E-state index in [0.717, 1.165) is 51.3 Å². The average Bonchev–Trinajstić information content (AvgIpc) is 2.93. The van der Waals surface area contributed by atoms with Gasteiger partial charge in [-0.3, -0.25) is 9.59 Å². The van der Waals surface area contributed by atoms with E-state index in [4.69, 9.17) is 4.74 Å². The molecule has 0 bridgehead atoms. The number of rotatable bonds is 10. The molecule has 1 N–H and O–H groups in total. The maximum absolute atomic E-state index is 13.8. The van der Waals surface area contributed by atoms with Crippen molar-refractivity contribution in [3.63, 3.8) is 0 Å². The van der Waals surface area contributed by atoms with Crippen molar-refractivity contribution in [2.24, 2.45) is 0 Å². The molecule has 0 saturated heterocycles. The summed E-state index contributed by atoms with van der Waals surface area (Å²) in [5, 5.41) is 3.27. The number of aryl methyl sites for hydroxylation is 1. The zero-order valence-corrected chi connectivity index (χ0v) is 24.8. The van der Waals surface area contributed by atoms with Crippen LogP contribution in [0.15, 0.2) is 81.7 Å². The van der Waals surface area contributed by atoms with Crippen molar-refractivity contribution >= 4 is 43.7 Å². The Morgan fingerprint density at radius 3 is 2.34 bits per heavy atom. The molecule has 38 heavy (non-hydrogen) atoms. The Kier molecular flexibility index (Phi) is 10.4. The summed E-state index contributed by atoms with van der Waals surface area (Å²) in [7, 11) is 0. The molecule has 1 atom stereocenters. The second-order valence-corrected chi connectivity index (χ2v) is 11.7. The summed E-state index contributed by atoms with van der Waals surface area (Å²) in [4.78, 5) is 29.3. The van der Waals surface area contributed by atoms with Gasteiger partial charge < -0.3 is 15.0 Å². The Balaban J connectivity index is 1.60. The molecule has 0 unspecified atom stereocenters. The van der Waals surface area contributed by atoms with E-state index >= 15 is 0 Å². The third-order valence-electron chi connectivity index (χ3n) is 6.98. The highest BCUT2D eigenvalue weighted by molar-refractivity contribution is 9.10. The highest BCUT2D eigenvalue weighted by Gasteiger charge is 2.32. The second kappa shape index (κ2) is 13.9. The van der Waals surface area contributed by atoms with Crippen LogP contribution >= 0.6 is 31.9 Å². The van der Waals surface area contributed by atoms with Crippen LogP contribution in [-0.4, -0.2) is 35.4 Å². The number of nitrogens with one attached hydrogen (secondary N) is 1. The molecule has 3 aromatic carbocycles.